The van der Waals surface area contributed by atoms with Gasteiger partial charge in [-0.05, 0) is 31.5 Å². The van der Waals surface area contributed by atoms with Crippen molar-refractivity contribution in [2.24, 2.45) is 0 Å². The Bertz CT molecular complexity index is 609. The van der Waals surface area contributed by atoms with Crippen molar-refractivity contribution in [2.45, 2.75) is 25.0 Å². The second-order valence-corrected chi connectivity index (χ2v) is 6.86. The van der Waals surface area contributed by atoms with Gasteiger partial charge in [0.1, 0.15) is 5.60 Å². The highest BCUT2D eigenvalue weighted by molar-refractivity contribution is 5.79. The maximum absolute atomic E-state index is 12.6. The van der Waals surface area contributed by atoms with Crippen LogP contribution in [0.4, 0.5) is 4.79 Å². The van der Waals surface area contributed by atoms with Crippen LogP contribution in [-0.2, 0) is 16.1 Å². The lowest BCUT2D eigenvalue weighted by Gasteiger charge is -2.38. The molecular weight excluding hydrogens is 308 g/mol. The lowest BCUT2D eigenvalue weighted by atomic mass is 9.92. The van der Waals surface area contributed by atoms with Crippen LogP contribution < -0.4 is 0 Å². The number of hydrogen-bond acceptors (Lipinski definition) is 5. The Hall–Kier alpha value is -2.15. The van der Waals surface area contributed by atoms with E-state index in [9.17, 15) is 9.59 Å². The van der Waals surface area contributed by atoms with Gasteiger partial charge in [0, 0.05) is 32.5 Å². The molecule has 130 valence electrons. The Kier molecular flexibility index (Phi) is 4.71. The second kappa shape index (κ2) is 6.76. The molecule has 7 nitrogen and oxygen atoms in total. The molecule has 0 unspecified atom stereocenters. The van der Waals surface area contributed by atoms with Crippen LogP contribution in [0.25, 0.3) is 0 Å². The van der Waals surface area contributed by atoms with E-state index in [4.69, 9.17) is 4.74 Å². The molecule has 0 aromatic carbocycles. The summed E-state index contributed by atoms with van der Waals surface area (Å²) in [5.74, 6) is 0.0751. The quantitative estimate of drug-likeness (QED) is 0.821. The average Bonchev–Trinajstić information content (AvgIpc) is 2.81. The van der Waals surface area contributed by atoms with Gasteiger partial charge in [0.25, 0.3) is 0 Å². The van der Waals surface area contributed by atoms with E-state index >= 15 is 0 Å². The molecule has 1 spiro atoms. The van der Waals surface area contributed by atoms with E-state index in [0.29, 0.717) is 26.2 Å². The van der Waals surface area contributed by atoms with Crippen LogP contribution in [0, 0.1) is 0 Å². The van der Waals surface area contributed by atoms with Crippen LogP contribution in [0.2, 0.25) is 0 Å². The van der Waals surface area contributed by atoms with Gasteiger partial charge in [-0.1, -0.05) is 6.07 Å². The van der Waals surface area contributed by atoms with E-state index < -0.39 is 5.60 Å². The van der Waals surface area contributed by atoms with Crippen molar-refractivity contribution < 1.29 is 14.3 Å². The average molecular weight is 332 g/mol. The van der Waals surface area contributed by atoms with Crippen LogP contribution >= 0.6 is 0 Å². The monoisotopic (exact) mass is 332 g/mol. The second-order valence-electron chi connectivity index (χ2n) is 6.86. The molecule has 1 atom stereocenters. The zero-order valence-electron chi connectivity index (χ0n) is 14.3. The minimum atomic E-state index is -0.526. The van der Waals surface area contributed by atoms with Gasteiger partial charge in [0.2, 0.25) is 5.91 Å². The summed E-state index contributed by atoms with van der Waals surface area (Å²) in [4.78, 5) is 33.8. The van der Waals surface area contributed by atoms with Crippen LogP contribution in [0.5, 0.6) is 0 Å². The Balaban J connectivity index is 1.56. The summed E-state index contributed by atoms with van der Waals surface area (Å²) in [6.07, 6.45) is 4.93. The predicted molar refractivity (Wildman–Crippen MR) is 88.2 cm³/mol. The Labute approximate surface area is 142 Å². The van der Waals surface area contributed by atoms with E-state index in [-0.39, 0.29) is 12.0 Å². The SMILES string of the molecule is CN(CC(=O)N1CCC[C@@]2(CN(C)C(=O)O2)C1)Cc1cccnc1. The van der Waals surface area contributed by atoms with Crippen LogP contribution in [0.3, 0.4) is 0 Å². The highest BCUT2D eigenvalue weighted by Gasteiger charge is 2.47. The molecule has 3 rings (SSSR count). The van der Waals surface area contributed by atoms with Crippen LogP contribution in [-0.4, -0.2) is 77.6 Å². The largest absolute Gasteiger partial charge is 0.439 e. The minimum Gasteiger partial charge on any atom is -0.439 e. The van der Waals surface area contributed by atoms with Crippen molar-refractivity contribution in [1.29, 1.82) is 0 Å². The zero-order chi connectivity index (χ0) is 17.2. The van der Waals surface area contributed by atoms with E-state index in [1.165, 1.54) is 0 Å². The molecule has 3 heterocycles. The maximum atomic E-state index is 12.6. The summed E-state index contributed by atoms with van der Waals surface area (Å²) in [6, 6.07) is 3.89. The van der Waals surface area contributed by atoms with Gasteiger partial charge in [-0.15, -0.1) is 0 Å². The van der Waals surface area contributed by atoms with Gasteiger partial charge >= 0.3 is 6.09 Å². The maximum Gasteiger partial charge on any atom is 0.410 e. The molecule has 2 amide bonds. The molecule has 1 aromatic heterocycles. The molecule has 2 aliphatic heterocycles. The normalized spacial score (nSPS) is 23.9. The standard InChI is InChI=1S/C17H24N4O3/c1-19(10-14-5-3-7-18-9-14)11-15(22)21-8-4-6-17(13-21)12-20(2)16(23)24-17/h3,5,7,9H,4,6,8,10-13H2,1-2H3/t17-/m1/s1. The number of hydrogen-bond donors (Lipinski definition) is 0. The van der Waals surface area contributed by atoms with Crippen molar-refractivity contribution in [2.75, 3.05) is 40.3 Å². The molecule has 0 N–H and O–H groups in total. The fourth-order valence-corrected chi connectivity index (χ4v) is 3.51. The lowest BCUT2D eigenvalue weighted by Crippen LogP contribution is -2.54. The summed E-state index contributed by atoms with van der Waals surface area (Å²) in [5.41, 5.74) is 0.552. The zero-order valence-corrected chi connectivity index (χ0v) is 14.3. The van der Waals surface area contributed by atoms with Crippen molar-refractivity contribution in [3.05, 3.63) is 30.1 Å². The number of likely N-dealkylation sites (tertiary alicyclic amines) is 1. The first-order valence-corrected chi connectivity index (χ1v) is 8.27. The van der Waals surface area contributed by atoms with Gasteiger partial charge in [-0.25, -0.2) is 4.79 Å². The third-order valence-electron chi connectivity index (χ3n) is 4.61. The smallest absolute Gasteiger partial charge is 0.410 e. The van der Waals surface area contributed by atoms with Crippen molar-refractivity contribution in [3.63, 3.8) is 0 Å². The number of rotatable bonds is 4. The number of carbonyl (C=O) groups excluding carboxylic acids is 2. The number of piperidine rings is 1. The molecule has 2 fully saturated rings. The highest BCUT2D eigenvalue weighted by Crippen LogP contribution is 2.31. The lowest BCUT2D eigenvalue weighted by molar-refractivity contribution is -0.137. The van der Waals surface area contributed by atoms with Gasteiger partial charge in [-0.3, -0.25) is 14.7 Å². The summed E-state index contributed by atoms with van der Waals surface area (Å²) < 4.78 is 5.55. The number of ether oxygens (including phenoxy) is 1. The summed E-state index contributed by atoms with van der Waals surface area (Å²) in [6.45, 7) is 2.79. The van der Waals surface area contributed by atoms with Gasteiger partial charge < -0.3 is 14.5 Å². The van der Waals surface area contributed by atoms with Crippen LogP contribution in [0.1, 0.15) is 18.4 Å². The van der Waals surface area contributed by atoms with Crippen molar-refractivity contribution >= 4 is 12.0 Å². The van der Waals surface area contributed by atoms with E-state index in [0.717, 1.165) is 24.9 Å². The molecule has 2 saturated heterocycles. The van der Waals surface area contributed by atoms with Gasteiger partial charge in [0.15, 0.2) is 0 Å². The van der Waals surface area contributed by atoms with Crippen molar-refractivity contribution in [3.8, 4) is 0 Å². The Morgan fingerprint density at radius 2 is 2.29 bits per heavy atom. The molecule has 0 bridgehead atoms. The third-order valence-corrected chi connectivity index (χ3v) is 4.61. The number of amides is 2. The first-order valence-electron chi connectivity index (χ1n) is 8.27. The number of nitrogens with zero attached hydrogens (tertiary/aromatic N) is 4. The molecule has 2 aliphatic rings. The number of carbonyl (C=O) groups is 2. The Morgan fingerprint density at radius 1 is 1.46 bits per heavy atom. The van der Waals surface area contributed by atoms with E-state index in [1.807, 2.05) is 35.2 Å². The Morgan fingerprint density at radius 3 is 2.96 bits per heavy atom. The highest BCUT2D eigenvalue weighted by atomic mass is 16.6. The molecule has 24 heavy (non-hydrogen) atoms. The van der Waals surface area contributed by atoms with E-state index in [1.54, 1.807) is 18.1 Å². The number of likely N-dealkylation sites (N-methyl/N-ethyl adjacent to an activating group) is 2. The van der Waals surface area contributed by atoms with Crippen molar-refractivity contribution in [1.82, 2.24) is 19.7 Å². The number of pyridine rings is 1. The first-order chi connectivity index (χ1) is 11.5. The fourth-order valence-electron chi connectivity index (χ4n) is 3.51. The summed E-state index contributed by atoms with van der Waals surface area (Å²) in [5, 5.41) is 0. The number of aromatic nitrogens is 1. The molecule has 0 saturated carbocycles. The molecule has 0 aliphatic carbocycles. The minimum absolute atomic E-state index is 0.0751. The molecule has 1 aromatic rings. The molecule has 0 radical (unpaired) electrons. The first kappa shape index (κ1) is 16.7. The summed E-state index contributed by atoms with van der Waals surface area (Å²) >= 11 is 0. The fraction of sp³-hybridized carbons (Fsp3) is 0.588. The predicted octanol–water partition coefficient (Wildman–Crippen LogP) is 0.957. The van der Waals surface area contributed by atoms with Gasteiger partial charge in [-0.2, -0.15) is 0 Å². The summed E-state index contributed by atoms with van der Waals surface area (Å²) in [7, 11) is 3.66. The third kappa shape index (κ3) is 3.67. The van der Waals surface area contributed by atoms with Crippen LogP contribution in [0.15, 0.2) is 24.5 Å². The topological polar surface area (TPSA) is 66.0 Å². The molecule has 7 heteroatoms. The van der Waals surface area contributed by atoms with E-state index in [2.05, 4.69) is 4.98 Å². The molecular formula is C17H24N4O3. The van der Waals surface area contributed by atoms with Gasteiger partial charge in [0.05, 0.1) is 19.6 Å².